The molecule has 0 fully saturated rings. The normalized spacial score (nSPS) is 12.9. The highest BCUT2D eigenvalue weighted by molar-refractivity contribution is 6.67. The van der Waals surface area contributed by atoms with Gasteiger partial charge in [0.05, 0.1) is 6.42 Å². The van der Waals surface area contributed by atoms with Crippen molar-refractivity contribution in [1.82, 2.24) is 0 Å². The summed E-state index contributed by atoms with van der Waals surface area (Å²) in [6.45, 7) is 0. The topological polar surface area (TPSA) is 0 Å². The fourth-order valence-corrected chi connectivity index (χ4v) is 0.971. The number of allylic oxidation sites excluding steroid dienone is 1. The zero-order valence-corrected chi connectivity index (χ0v) is 8.00. The van der Waals surface area contributed by atoms with Crippen molar-refractivity contribution >= 4 is 34.8 Å². The lowest BCUT2D eigenvalue weighted by Gasteiger charge is -2.18. The molecule has 13 heavy (non-hydrogen) atoms. The maximum absolute atomic E-state index is 12.4. The number of alkyl halides is 5. The third-order valence-electron chi connectivity index (χ3n) is 0.910. The first-order valence-corrected chi connectivity index (χ1v) is 3.85. The highest BCUT2D eigenvalue weighted by Gasteiger charge is 2.45. The van der Waals surface area contributed by atoms with Gasteiger partial charge in [-0.05, 0) is 0 Å². The first-order chi connectivity index (χ1) is 5.56. The molecular formula is C5H2Cl3F5. The third kappa shape index (κ3) is 4.88. The van der Waals surface area contributed by atoms with Crippen LogP contribution in [0.3, 0.4) is 0 Å². The second-order valence-electron chi connectivity index (χ2n) is 2.07. The Balaban J connectivity index is 4.69. The Morgan fingerprint density at radius 1 is 1.00 bits per heavy atom. The Morgan fingerprint density at radius 2 is 1.38 bits per heavy atom. The van der Waals surface area contributed by atoms with Crippen LogP contribution in [0, 0.1) is 0 Å². The Labute approximate surface area is 85.2 Å². The van der Waals surface area contributed by atoms with E-state index in [1.54, 1.807) is 0 Å². The number of hydrogen-bond acceptors (Lipinski definition) is 0. The Morgan fingerprint density at radius 3 is 1.62 bits per heavy atom. The second-order valence-corrected chi connectivity index (χ2v) is 4.59. The lowest BCUT2D eigenvalue weighted by Crippen LogP contribution is -2.24. The molecule has 0 aliphatic rings. The van der Waals surface area contributed by atoms with Crippen molar-refractivity contribution in [2.24, 2.45) is 0 Å². The monoisotopic (exact) mass is 262 g/mol. The first-order valence-electron chi connectivity index (χ1n) is 2.72. The molecule has 0 spiro atoms. The van der Waals surface area contributed by atoms with Crippen LogP contribution in [0.25, 0.3) is 0 Å². The van der Waals surface area contributed by atoms with E-state index in [0.717, 1.165) is 0 Å². The van der Waals surface area contributed by atoms with Gasteiger partial charge in [0.2, 0.25) is 5.83 Å². The molecule has 0 aliphatic heterocycles. The van der Waals surface area contributed by atoms with Crippen LogP contribution in [0.2, 0.25) is 0 Å². The van der Waals surface area contributed by atoms with E-state index in [-0.39, 0.29) is 0 Å². The minimum absolute atomic E-state index is 1.64. The van der Waals surface area contributed by atoms with Crippen molar-refractivity contribution in [3.05, 3.63) is 11.9 Å². The fourth-order valence-electron chi connectivity index (χ4n) is 0.468. The summed E-state index contributed by atoms with van der Waals surface area (Å²) in [5, 5.41) is 0. The van der Waals surface area contributed by atoms with Gasteiger partial charge in [0.15, 0.2) is 3.79 Å². The van der Waals surface area contributed by atoms with E-state index >= 15 is 0 Å². The van der Waals surface area contributed by atoms with Crippen LogP contribution in [-0.4, -0.2) is 9.72 Å². The Bertz CT molecular complexity index is 215. The van der Waals surface area contributed by atoms with Gasteiger partial charge in [-0.25, -0.2) is 0 Å². The van der Waals surface area contributed by atoms with Gasteiger partial charge in [0, 0.05) is 0 Å². The van der Waals surface area contributed by atoms with E-state index in [1.807, 2.05) is 0 Å². The van der Waals surface area contributed by atoms with Crippen LogP contribution in [0.4, 0.5) is 22.0 Å². The fraction of sp³-hybridized carbons (Fsp3) is 0.600. The van der Waals surface area contributed by atoms with Gasteiger partial charge >= 0.3 is 12.0 Å². The van der Waals surface area contributed by atoms with Crippen LogP contribution >= 0.6 is 34.8 Å². The van der Waals surface area contributed by atoms with Crippen molar-refractivity contribution in [2.75, 3.05) is 0 Å². The molecule has 0 atom stereocenters. The Kier molecular flexibility index (Phi) is 4.27. The molecule has 0 radical (unpaired) electrons. The lowest BCUT2D eigenvalue weighted by molar-refractivity contribution is 0.00361. The summed E-state index contributed by atoms with van der Waals surface area (Å²) >= 11 is 14.6. The largest absolute Gasteiger partial charge is 0.308 e. The van der Waals surface area contributed by atoms with Crippen LogP contribution in [0.5, 0.6) is 0 Å². The summed E-state index contributed by atoms with van der Waals surface area (Å²) < 4.78 is 57.1. The highest BCUT2D eigenvalue weighted by Crippen LogP contribution is 2.42. The molecule has 0 amide bonds. The molecule has 0 aromatic carbocycles. The second kappa shape index (κ2) is 4.19. The van der Waals surface area contributed by atoms with Crippen molar-refractivity contribution in [3.63, 3.8) is 0 Å². The lowest BCUT2D eigenvalue weighted by atomic mass is 10.2. The molecule has 0 aliphatic carbocycles. The quantitative estimate of drug-likeness (QED) is 0.510. The van der Waals surface area contributed by atoms with Crippen molar-refractivity contribution < 1.29 is 22.0 Å². The van der Waals surface area contributed by atoms with Gasteiger partial charge in [-0.2, -0.15) is 22.0 Å². The van der Waals surface area contributed by atoms with Crippen LogP contribution in [-0.2, 0) is 0 Å². The summed E-state index contributed by atoms with van der Waals surface area (Å²) in [5.41, 5.74) is 0. The average Bonchev–Trinajstić information content (AvgIpc) is 1.80. The van der Waals surface area contributed by atoms with Crippen LogP contribution in [0.1, 0.15) is 6.42 Å². The summed E-state index contributed by atoms with van der Waals surface area (Å²) in [4.78, 5) is 0. The van der Waals surface area contributed by atoms with E-state index in [4.69, 9.17) is 34.8 Å². The minimum atomic E-state index is -4.47. The van der Waals surface area contributed by atoms with Crippen molar-refractivity contribution in [1.29, 1.82) is 0 Å². The first kappa shape index (κ1) is 13.3. The highest BCUT2D eigenvalue weighted by atomic mass is 35.6. The summed E-state index contributed by atoms with van der Waals surface area (Å²) in [6.07, 6.45) is -4.77. The molecule has 0 aromatic heterocycles. The molecule has 0 unspecified atom stereocenters. The zero-order valence-electron chi connectivity index (χ0n) is 5.73. The molecule has 0 nitrogen and oxygen atoms in total. The molecule has 0 saturated heterocycles. The zero-order chi connectivity index (χ0) is 10.9. The van der Waals surface area contributed by atoms with E-state index in [9.17, 15) is 22.0 Å². The summed E-state index contributed by atoms with van der Waals surface area (Å²) in [6, 6.07) is 0. The van der Waals surface area contributed by atoms with Crippen molar-refractivity contribution in [3.8, 4) is 0 Å². The van der Waals surface area contributed by atoms with Crippen LogP contribution in [0.15, 0.2) is 11.9 Å². The molecule has 0 rings (SSSR count). The smallest absolute Gasteiger partial charge is 0.199 e. The molecule has 8 heteroatoms. The standard InChI is InChI=1S/C5H2Cl3F5/c6-5(7,8)1-4(12,13)2(9)3(10)11/h1H2. The van der Waals surface area contributed by atoms with Gasteiger partial charge < -0.3 is 0 Å². The van der Waals surface area contributed by atoms with E-state index in [2.05, 4.69) is 0 Å². The molecular weight excluding hydrogens is 261 g/mol. The van der Waals surface area contributed by atoms with E-state index in [1.165, 1.54) is 0 Å². The number of halogens is 8. The molecule has 0 saturated carbocycles. The number of hydrogen-bond donors (Lipinski definition) is 0. The van der Waals surface area contributed by atoms with Crippen molar-refractivity contribution in [2.45, 2.75) is 16.1 Å². The van der Waals surface area contributed by atoms with Gasteiger partial charge in [-0.1, -0.05) is 34.8 Å². The van der Waals surface area contributed by atoms with Gasteiger partial charge in [0.25, 0.3) is 0 Å². The molecule has 78 valence electrons. The summed E-state index contributed by atoms with van der Waals surface area (Å²) in [5.74, 6) is -7.34. The molecule has 0 bridgehead atoms. The number of rotatable bonds is 2. The minimum Gasteiger partial charge on any atom is -0.199 e. The van der Waals surface area contributed by atoms with E-state index < -0.39 is 28.0 Å². The SMILES string of the molecule is FC(F)=C(F)C(F)(F)CC(Cl)(Cl)Cl. The third-order valence-corrected chi connectivity index (χ3v) is 1.31. The predicted octanol–water partition coefficient (Wildman–Crippen LogP) is 4.46. The molecule has 0 aromatic rings. The summed E-state index contributed by atoms with van der Waals surface area (Å²) in [7, 11) is 0. The van der Waals surface area contributed by atoms with Gasteiger partial charge in [-0.15, -0.1) is 0 Å². The average molecular weight is 263 g/mol. The molecule has 0 heterocycles. The Hall–Kier alpha value is 0.260. The van der Waals surface area contributed by atoms with Crippen LogP contribution < -0.4 is 0 Å². The maximum Gasteiger partial charge on any atom is 0.308 e. The van der Waals surface area contributed by atoms with Gasteiger partial charge in [0.1, 0.15) is 0 Å². The van der Waals surface area contributed by atoms with E-state index in [0.29, 0.717) is 0 Å². The molecule has 0 N–H and O–H groups in total. The maximum atomic E-state index is 12.4. The van der Waals surface area contributed by atoms with Gasteiger partial charge in [-0.3, -0.25) is 0 Å². The predicted molar refractivity (Wildman–Crippen MR) is 40.2 cm³/mol.